The van der Waals surface area contributed by atoms with Gasteiger partial charge in [0.05, 0.1) is 0 Å². The van der Waals surface area contributed by atoms with Crippen LogP contribution in [0.4, 0.5) is 0 Å². The molecule has 0 saturated heterocycles. The lowest BCUT2D eigenvalue weighted by atomic mass is 9.64. The van der Waals surface area contributed by atoms with E-state index in [-0.39, 0.29) is 17.4 Å². The second-order valence-electron chi connectivity index (χ2n) is 12.1. The topological polar surface area (TPSA) is 46.5 Å². The minimum Gasteiger partial charge on any atom is -0.460 e. The average molecular weight is 513 g/mol. The van der Waals surface area contributed by atoms with Gasteiger partial charge in [-0.3, -0.25) is 0 Å². The van der Waals surface area contributed by atoms with Crippen molar-refractivity contribution < 1.29 is 14.6 Å². The van der Waals surface area contributed by atoms with Crippen LogP contribution < -0.4 is 0 Å². The van der Waals surface area contributed by atoms with Crippen LogP contribution in [-0.4, -0.2) is 23.3 Å². The lowest BCUT2D eigenvalue weighted by Crippen LogP contribution is -2.44. The van der Waals surface area contributed by atoms with Crippen molar-refractivity contribution in [1.29, 1.82) is 0 Å². The van der Waals surface area contributed by atoms with E-state index in [2.05, 4.69) is 52.0 Å². The Hall–Kier alpha value is -1.61. The van der Waals surface area contributed by atoms with Gasteiger partial charge in [0.2, 0.25) is 0 Å². The maximum atomic E-state index is 12.8. The van der Waals surface area contributed by atoms with E-state index in [0.29, 0.717) is 5.92 Å². The first-order chi connectivity index (χ1) is 17.9. The molecule has 1 N–H and O–H groups in total. The van der Waals surface area contributed by atoms with E-state index in [9.17, 15) is 9.90 Å². The van der Waals surface area contributed by atoms with Gasteiger partial charge in [-0.15, -0.1) is 0 Å². The van der Waals surface area contributed by atoms with Crippen molar-refractivity contribution in [3.63, 3.8) is 0 Å². The molecule has 1 aliphatic rings. The van der Waals surface area contributed by atoms with E-state index in [0.717, 1.165) is 32.1 Å². The molecule has 1 saturated carbocycles. The van der Waals surface area contributed by atoms with E-state index < -0.39 is 12.1 Å². The van der Waals surface area contributed by atoms with Crippen molar-refractivity contribution >= 4 is 5.97 Å². The molecule has 0 aliphatic heterocycles. The first kappa shape index (κ1) is 31.6. The van der Waals surface area contributed by atoms with Gasteiger partial charge in [-0.25, -0.2) is 4.79 Å². The predicted molar refractivity (Wildman–Crippen MR) is 157 cm³/mol. The molecule has 4 atom stereocenters. The maximum absolute atomic E-state index is 12.8. The molecule has 3 heteroatoms. The molecule has 210 valence electrons. The molecule has 0 bridgehead atoms. The fourth-order valence-corrected chi connectivity index (χ4v) is 5.99. The van der Waals surface area contributed by atoms with E-state index >= 15 is 0 Å². The van der Waals surface area contributed by atoms with Crippen molar-refractivity contribution in [2.45, 2.75) is 148 Å². The van der Waals surface area contributed by atoms with Gasteiger partial charge < -0.3 is 9.84 Å². The van der Waals surface area contributed by atoms with Crippen LogP contribution >= 0.6 is 0 Å². The van der Waals surface area contributed by atoms with Gasteiger partial charge in [-0.05, 0) is 48.7 Å². The summed E-state index contributed by atoms with van der Waals surface area (Å²) in [7, 11) is 0. The second-order valence-corrected chi connectivity index (χ2v) is 12.1. The van der Waals surface area contributed by atoms with E-state index in [1.165, 1.54) is 76.2 Å². The van der Waals surface area contributed by atoms with Gasteiger partial charge in [-0.1, -0.05) is 141 Å². The van der Waals surface area contributed by atoms with Gasteiger partial charge in [-0.2, -0.15) is 0 Å². The van der Waals surface area contributed by atoms with Gasteiger partial charge in [0.15, 0.2) is 6.10 Å². The number of carbonyl (C=O) groups is 1. The number of esters is 1. The van der Waals surface area contributed by atoms with Crippen LogP contribution in [0.3, 0.4) is 0 Å². The van der Waals surface area contributed by atoms with Gasteiger partial charge in [0, 0.05) is 5.92 Å². The Bertz CT molecular complexity index is 754. The molecule has 1 aromatic rings. The third-order valence-corrected chi connectivity index (χ3v) is 8.55. The Balaban J connectivity index is 1.66. The first-order valence-corrected chi connectivity index (χ1v) is 15.5. The summed E-state index contributed by atoms with van der Waals surface area (Å²) >= 11 is 0. The number of benzene rings is 1. The Morgan fingerprint density at radius 3 is 2.11 bits per heavy atom. The van der Waals surface area contributed by atoms with Crippen LogP contribution in [0.25, 0.3) is 0 Å². The standard InChI is InChI=1S/C34H56O3/c1-5-6-7-8-9-10-11-12-13-14-15-16-17-21-24-31(35)33(36)37-32-27-28(2)25-26-30(32)34(3,4)29-22-19-18-20-23-29/h18-24,28,30-32,35H,5-17,25-27H2,1-4H3/t28?,30?,31-,32?/m1/s1. The van der Waals surface area contributed by atoms with Crippen molar-refractivity contribution in [3.8, 4) is 0 Å². The van der Waals surface area contributed by atoms with Crippen molar-refractivity contribution in [2.75, 3.05) is 0 Å². The summed E-state index contributed by atoms with van der Waals surface area (Å²) in [5, 5.41) is 10.5. The number of aliphatic hydroxyl groups is 1. The van der Waals surface area contributed by atoms with E-state index in [4.69, 9.17) is 4.74 Å². The summed E-state index contributed by atoms with van der Waals surface area (Å²) in [6.07, 6.45) is 22.2. The lowest BCUT2D eigenvalue weighted by molar-refractivity contribution is -0.163. The summed E-state index contributed by atoms with van der Waals surface area (Å²) in [4.78, 5) is 12.8. The zero-order valence-corrected chi connectivity index (χ0v) is 24.4. The van der Waals surface area contributed by atoms with Gasteiger partial charge in [0.1, 0.15) is 6.10 Å². The van der Waals surface area contributed by atoms with Crippen LogP contribution in [-0.2, 0) is 14.9 Å². The number of rotatable bonds is 18. The summed E-state index contributed by atoms with van der Waals surface area (Å²) in [5.41, 5.74) is 1.18. The zero-order chi connectivity index (χ0) is 26.9. The molecule has 1 aliphatic carbocycles. The summed E-state index contributed by atoms with van der Waals surface area (Å²) in [6.45, 7) is 9.02. The Kier molecular flexibility index (Phi) is 15.2. The number of aliphatic hydroxyl groups excluding tert-OH is 1. The molecule has 1 fully saturated rings. The molecule has 3 unspecified atom stereocenters. The Morgan fingerprint density at radius 2 is 1.51 bits per heavy atom. The number of unbranched alkanes of at least 4 members (excludes halogenated alkanes) is 12. The SMILES string of the molecule is CCCCCCCCCCCCCCC=C[C@@H](O)C(=O)OC1CC(C)CCC1C(C)(C)c1ccccc1. The van der Waals surface area contributed by atoms with Crippen molar-refractivity contribution in [3.05, 3.63) is 48.0 Å². The van der Waals surface area contributed by atoms with Crippen LogP contribution in [0.1, 0.15) is 136 Å². The van der Waals surface area contributed by atoms with Crippen molar-refractivity contribution in [1.82, 2.24) is 0 Å². The fraction of sp³-hybridized carbons (Fsp3) is 0.735. The van der Waals surface area contributed by atoms with E-state index in [1.54, 1.807) is 6.08 Å². The number of carbonyl (C=O) groups excluding carboxylic acids is 1. The minimum atomic E-state index is -1.17. The highest BCUT2D eigenvalue weighted by Gasteiger charge is 2.42. The molecule has 0 spiro atoms. The summed E-state index contributed by atoms with van der Waals surface area (Å²) < 4.78 is 5.97. The molecule has 2 rings (SSSR count). The molecule has 1 aromatic carbocycles. The monoisotopic (exact) mass is 512 g/mol. The smallest absolute Gasteiger partial charge is 0.339 e. The summed E-state index contributed by atoms with van der Waals surface area (Å²) in [5.74, 6) is 0.269. The number of allylic oxidation sites excluding steroid dienone is 1. The molecule has 3 nitrogen and oxygen atoms in total. The quantitative estimate of drug-likeness (QED) is 0.121. The highest BCUT2D eigenvalue weighted by molar-refractivity contribution is 5.76. The molecule has 0 heterocycles. The third kappa shape index (κ3) is 11.8. The van der Waals surface area contributed by atoms with Crippen LogP contribution in [0.15, 0.2) is 42.5 Å². The second kappa shape index (κ2) is 17.8. The molecule has 0 radical (unpaired) electrons. The normalized spacial score (nSPS) is 21.3. The maximum Gasteiger partial charge on any atom is 0.339 e. The van der Waals surface area contributed by atoms with Crippen LogP contribution in [0.5, 0.6) is 0 Å². The first-order valence-electron chi connectivity index (χ1n) is 15.5. The zero-order valence-electron chi connectivity index (χ0n) is 24.4. The highest BCUT2D eigenvalue weighted by atomic mass is 16.6. The number of hydrogen-bond donors (Lipinski definition) is 1. The minimum absolute atomic E-state index is 0.0955. The lowest BCUT2D eigenvalue weighted by Gasteiger charge is -2.44. The summed E-state index contributed by atoms with van der Waals surface area (Å²) in [6, 6.07) is 10.5. The Morgan fingerprint density at radius 1 is 0.946 bits per heavy atom. The molecule has 37 heavy (non-hydrogen) atoms. The van der Waals surface area contributed by atoms with Crippen LogP contribution in [0.2, 0.25) is 0 Å². The molecule has 0 amide bonds. The van der Waals surface area contributed by atoms with Gasteiger partial charge in [0.25, 0.3) is 0 Å². The molecular weight excluding hydrogens is 456 g/mol. The average Bonchev–Trinajstić information content (AvgIpc) is 2.89. The highest BCUT2D eigenvalue weighted by Crippen LogP contribution is 2.43. The number of ether oxygens (including phenoxy) is 1. The van der Waals surface area contributed by atoms with Gasteiger partial charge >= 0.3 is 5.97 Å². The third-order valence-electron chi connectivity index (χ3n) is 8.55. The van der Waals surface area contributed by atoms with Crippen molar-refractivity contribution in [2.24, 2.45) is 11.8 Å². The molecular formula is C34H56O3. The fourth-order valence-electron chi connectivity index (χ4n) is 5.99. The van der Waals surface area contributed by atoms with E-state index in [1.807, 2.05) is 12.1 Å². The van der Waals surface area contributed by atoms with Crippen LogP contribution in [0, 0.1) is 11.8 Å². The molecule has 0 aromatic heterocycles. The largest absolute Gasteiger partial charge is 0.460 e. The number of hydrogen-bond acceptors (Lipinski definition) is 3. The predicted octanol–water partition coefficient (Wildman–Crippen LogP) is 9.32. The Labute approximate surface area is 228 Å².